The molecule has 5 N–H and O–H groups in total. The summed E-state index contributed by atoms with van der Waals surface area (Å²) in [5.41, 5.74) is 7.19. The molecule has 1 saturated heterocycles. The lowest BCUT2D eigenvalue weighted by Gasteiger charge is -2.28. The van der Waals surface area contributed by atoms with Crippen molar-refractivity contribution in [1.82, 2.24) is 24.8 Å². The first-order valence-electron chi connectivity index (χ1n) is 12.4. The predicted octanol–water partition coefficient (Wildman–Crippen LogP) is 1.85. The molecule has 36 heavy (non-hydrogen) atoms. The molecule has 0 unspecified atom stereocenters. The lowest BCUT2D eigenvalue weighted by atomic mass is 9.88. The second-order valence-corrected chi connectivity index (χ2v) is 9.51. The molecule has 4 atom stereocenters. The number of allylic oxidation sites excluding steroid dienone is 1. The van der Waals surface area contributed by atoms with Crippen molar-refractivity contribution >= 4 is 23.4 Å². The molecule has 6 rings (SSSR count). The van der Waals surface area contributed by atoms with Gasteiger partial charge < -0.3 is 30.8 Å². The number of primary amides is 1. The van der Waals surface area contributed by atoms with Crippen molar-refractivity contribution in [1.29, 1.82) is 0 Å². The molecule has 5 aliphatic rings. The quantitative estimate of drug-likeness (QED) is 0.330. The van der Waals surface area contributed by atoms with Crippen molar-refractivity contribution in [3.8, 4) is 17.3 Å². The van der Waals surface area contributed by atoms with Crippen LogP contribution in [0.15, 0.2) is 42.7 Å². The molecule has 0 spiro atoms. The molecule has 188 valence electrons. The molecule has 1 aromatic rings. The van der Waals surface area contributed by atoms with E-state index in [1.165, 1.54) is 6.33 Å². The SMILES string of the molecule is NC(=O)[C@@H]1[C@H](Nc2[nH]c(Nc3cccc(OCCN4CCOCC4)c3)nc3ncnc2-3)[C@H]2C=C[C@@H]1C2. The Morgan fingerprint density at radius 1 is 1.22 bits per heavy atom. The summed E-state index contributed by atoms with van der Waals surface area (Å²) in [6.07, 6.45) is 6.68. The number of fused-ring (bicyclic) bond motifs is 3. The van der Waals surface area contributed by atoms with Crippen molar-refractivity contribution in [3.63, 3.8) is 0 Å². The van der Waals surface area contributed by atoms with Gasteiger partial charge in [-0.05, 0) is 30.4 Å². The summed E-state index contributed by atoms with van der Waals surface area (Å²) in [6.45, 7) is 4.90. The van der Waals surface area contributed by atoms with Gasteiger partial charge >= 0.3 is 0 Å². The minimum atomic E-state index is -0.285. The highest BCUT2D eigenvalue weighted by Crippen LogP contribution is 2.45. The number of H-pyrrole nitrogens is 1. The zero-order valence-electron chi connectivity index (χ0n) is 19.9. The molecule has 2 fully saturated rings. The van der Waals surface area contributed by atoms with E-state index in [0.717, 1.165) is 50.7 Å². The molecule has 3 aliphatic heterocycles. The smallest absolute Gasteiger partial charge is 0.223 e. The van der Waals surface area contributed by atoms with Crippen molar-refractivity contribution in [3.05, 3.63) is 42.7 Å². The Kier molecular flexibility index (Phi) is 6.16. The molecule has 2 aliphatic carbocycles. The standard InChI is InChI=1S/C25H30N8O3/c26-22(34)19-15-4-5-16(12-15)20(19)30-24-21-23(28-14-27-21)31-25(32-24)29-17-2-1-3-18(13-17)36-11-8-33-6-9-35-10-7-33/h1-5,13-16,19-20H,6-12H2,(H2,26,34)(H3,27,28,29,30,31,32)/t15-,16+,19+,20-/m1/s1. The third-order valence-electron chi connectivity index (χ3n) is 7.25. The summed E-state index contributed by atoms with van der Waals surface area (Å²) in [5, 5.41) is 6.81. The molecular weight excluding hydrogens is 460 g/mol. The summed E-state index contributed by atoms with van der Waals surface area (Å²) in [5.74, 6) is 2.32. The van der Waals surface area contributed by atoms with Crippen LogP contribution in [0.25, 0.3) is 11.5 Å². The number of nitrogens with zero attached hydrogens (tertiary/aromatic N) is 4. The van der Waals surface area contributed by atoms with Crippen molar-refractivity contribution < 1.29 is 14.3 Å². The minimum absolute atomic E-state index is 0.105. The third kappa shape index (κ3) is 4.59. The van der Waals surface area contributed by atoms with Gasteiger partial charge in [-0.15, -0.1) is 0 Å². The van der Waals surface area contributed by atoms with Crippen molar-refractivity contribution in [2.75, 3.05) is 50.1 Å². The number of amides is 1. The second-order valence-electron chi connectivity index (χ2n) is 9.51. The molecule has 1 saturated carbocycles. The number of aromatic nitrogens is 4. The maximum absolute atomic E-state index is 12.2. The highest BCUT2D eigenvalue weighted by molar-refractivity contribution is 5.80. The largest absolute Gasteiger partial charge is 0.492 e. The second kappa shape index (κ2) is 9.75. The zero-order chi connectivity index (χ0) is 24.5. The van der Waals surface area contributed by atoms with Crippen LogP contribution in [0.1, 0.15) is 6.42 Å². The average molecular weight is 491 g/mol. The number of hydrogen-bond acceptors (Lipinski definition) is 9. The van der Waals surface area contributed by atoms with E-state index < -0.39 is 0 Å². The number of morpholine rings is 1. The van der Waals surface area contributed by atoms with Gasteiger partial charge in [-0.2, -0.15) is 4.98 Å². The molecule has 11 heteroatoms. The third-order valence-corrected chi connectivity index (χ3v) is 7.25. The molecule has 3 heterocycles. The van der Waals surface area contributed by atoms with Gasteiger partial charge in [0.2, 0.25) is 11.9 Å². The highest BCUT2D eigenvalue weighted by Gasteiger charge is 2.47. The number of ether oxygens (including phenoxy) is 2. The zero-order valence-corrected chi connectivity index (χ0v) is 19.9. The Balaban J connectivity index is 1.16. The minimum Gasteiger partial charge on any atom is -0.492 e. The number of carbonyl (C=O) groups is 1. The Bertz CT molecular complexity index is 1220. The number of hydrogen-bond donors (Lipinski definition) is 4. The first kappa shape index (κ1) is 22.7. The summed E-state index contributed by atoms with van der Waals surface area (Å²) in [7, 11) is 0. The van der Waals surface area contributed by atoms with Crippen LogP contribution in [0, 0.1) is 17.8 Å². The van der Waals surface area contributed by atoms with Crippen LogP contribution in [-0.4, -0.2) is 76.2 Å². The van der Waals surface area contributed by atoms with Crippen molar-refractivity contribution in [2.24, 2.45) is 23.5 Å². The van der Waals surface area contributed by atoms with Crippen LogP contribution in [-0.2, 0) is 9.53 Å². The summed E-state index contributed by atoms with van der Waals surface area (Å²) >= 11 is 0. The van der Waals surface area contributed by atoms with Gasteiger partial charge in [-0.25, -0.2) is 9.97 Å². The highest BCUT2D eigenvalue weighted by atomic mass is 16.5. The summed E-state index contributed by atoms with van der Waals surface area (Å²) in [4.78, 5) is 31.1. The number of carbonyl (C=O) groups excluding carboxylic acids is 1. The number of nitrogens with one attached hydrogen (secondary N) is 3. The maximum atomic E-state index is 12.2. The fraction of sp³-hybridized carbons (Fsp3) is 0.440. The molecule has 0 radical (unpaired) electrons. The first-order valence-corrected chi connectivity index (χ1v) is 12.4. The average Bonchev–Trinajstić information content (AvgIpc) is 3.62. The van der Waals surface area contributed by atoms with E-state index in [0.29, 0.717) is 29.9 Å². The number of imidazole rings is 1. The number of rotatable bonds is 9. The van der Waals surface area contributed by atoms with E-state index in [1.54, 1.807) is 0 Å². The fourth-order valence-corrected chi connectivity index (χ4v) is 5.48. The number of aromatic amines is 1. The number of nitrogens with two attached hydrogens (primary N) is 1. The van der Waals surface area contributed by atoms with E-state index >= 15 is 0 Å². The number of benzene rings is 1. The molecule has 11 nitrogen and oxygen atoms in total. The van der Waals surface area contributed by atoms with Gasteiger partial charge in [-0.3, -0.25) is 9.69 Å². The van der Waals surface area contributed by atoms with Crippen LogP contribution < -0.4 is 21.1 Å². The summed E-state index contributed by atoms with van der Waals surface area (Å²) in [6, 6.07) is 7.65. The Morgan fingerprint density at radius 2 is 2.08 bits per heavy atom. The Morgan fingerprint density at radius 3 is 2.94 bits per heavy atom. The van der Waals surface area contributed by atoms with E-state index in [-0.39, 0.29) is 29.7 Å². The monoisotopic (exact) mass is 490 g/mol. The Hall–Kier alpha value is -3.70. The molecule has 1 aromatic carbocycles. The molecular formula is C25H30N8O3. The van der Waals surface area contributed by atoms with Gasteiger partial charge in [0.25, 0.3) is 0 Å². The van der Waals surface area contributed by atoms with Crippen LogP contribution in [0.3, 0.4) is 0 Å². The predicted molar refractivity (Wildman–Crippen MR) is 134 cm³/mol. The normalized spacial score (nSPS) is 25.3. The van der Waals surface area contributed by atoms with E-state index in [1.807, 2.05) is 24.3 Å². The van der Waals surface area contributed by atoms with E-state index in [9.17, 15) is 4.79 Å². The van der Waals surface area contributed by atoms with E-state index in [4.69, 9.17) is 15.2 Å². The van der Waals surface area contributed by atoms with Gasteiger partial charge in [0.1, 0.15) is 30.2 Å². The van der Waals surface area contributed by atoms with Gasteiger partial charge in [0.15, 0.2) is 5.82 Å². The van der Waals surface area contributed by atoms with Gasteiger partial charge in [-0.1, -0.05) is 18.2 Å². The van der Waals surface area contributed by atoms with Crippen LogP contribution >= 0.6 is 0 Å². The molecule has 2 bridgehead atoms. The van der Waals surface area contributed by atoms with Gasteiger partial charge in [0.05, 0.1) is 19.1 Å². The Labute approximate surface area is 208 Å². The maximum Gasteiger partial charge on any atom is 0.223 e. The topological polar surface area (TPSA) is 143 Å². The molecule has 1 amide bonds. The van der Waals surface area contributed by atoms with E-state index in [2.05, 4.69) is 47.6 Å². The summed E-state index contributed by atoms with van der Waals surface area (Å²) < 4.78 is 11.4. The van der Waals surface area contributed by atoms with Crippen LogP contribution in [0.4, 0.5) is 17.5 Å². The lowest BCUT2D eigenvalue weighted by Crippen LogP contribution is -2.41. The number of anilines is 3. The molecule has 0 aromatic heterocycles. The first-order chi connectivity index (χ1) is 17.6. The van der Waals surface area contributed by atoms with Crippen molar-refractivity contribution in [2.45, 2.75) is 12.5 Å². The fourth-order valence-electron chi connectivity index (χ4n) is 5.48. The lowest BCUT2D eigenvalue weighted by molar-refractivity contribution is -0.122. The van der Waals surface area contributed by atoms with Crippen LogP contribution in [0.2, 0.25) is 0 Å². The van der Waals surface area contributed by atoms with Crippen LogP contribution in [0.5, 0.6) is 5.75 Å². The van der Waals surface area contributed by atoms with Gasteiger partial charge in [0, 0.05) is 37.4 Å².